The molecule has 24 heavy (non-hydrogen) atoms. The fourth-order valence-electron chi connectivity index (χ4n) is 2.25. The predicted octanol–water partition coefficient (Wildman–Crippen LogP) is 4.45. The molecule has 1 aromatic heterocycles. The fraction of sp³-hybridized carbons (Fsp3) is 0.588. The molecule has 0 unspecified atom stereocenters. The normalized spacial score (nSPS) is 11.6. The van der Waals surface area contributed by atoms with Gasteiger partial charge in [0.1, 0.15) is 11.3 Å². The molecule has 0 fully saturated rings. The zero-order valence-corrected chi connectivity index (χ0v) is 16.9. The first-order valence-electron chi connectivity index (χ1n) is 7.90. The number of carbonyl (C=O) groups is 2. The van der Waals surface area contributed by atoms with Gasteiger partial charge in [-0.2, -0.15) is 0 Å². The molecule has 0 aromatic carbocycles. The van der Waals surface area contributed by atoms with Crippen LogP contribution in [-0.2, 0) is 4.74 Å². The minimum absolute atomic E-state index is 0.0673. The number of amides is 2. The van der Waals surface area contributed by atoms with Gasteiger partial charge >= 0.3 is 6.09 Å². The van der Waals surface area contributed by atoms with Gasteiger partial charge in [-0.3, -0.25) is 10.1 Å². The molecule has 1 rings (SSSR count). The number of hydrogen-bond acceptors (Lipinski definition) is 4. The first-order valence-corrected chi connectivity index (χ1v) is 8.70. The Balaban J connectivity index is 2.95. The van der Waals surface area contributed by atoms with Crippen LogP contribution in [0.5, 0.6) is 0 Å². The van der Waals surface area contributed by atoms with Crippen LogP contribution in [0.4, 0.5) is 10.5 Å². The maximum Gasteiger partial charge on any atom is 0.412 e. The third kappa shape index (κ3) is 5.78. The van der Waals surface area contributed by atoms with Gasteiger partial charge in [0.15, 0.2) is 0 Å². The molecule has 6 nitrogen and oxygen atoms in total. The summed E-state index contributed by atoms with van der Waals surface area (Å²) in [6, 6.07) is 1.74. The average molecular weight is 400 g/mol. The van der Waals surface area contributed by atoms with E-state index in [2.05, 4.69) is 26.2 Å². The lowest BCUT2D eigenvalue weighted by Crippen LogP contribution is -2.42. The van der Waals surface area contributed by atoms with E-state index in [0.717, 1.165) is 0 Å². The van der Waals surface area contributed by atoms with Crippen molar-refractivity contribution in [2.24, 2.45) is 0 Å². The van der Waals surface area contributed by atoms with E-state index in [1.807, 2.05) is 27.7 Å². The van der Waals surface area contributed by atoms with E-state index >= 15 is 0 Å². The van der Waals surface area contributed by atoms with Crippen LogP contribution >= 0.6 is 15.9 Å². The highest BCUT2D eigenvalue weighted by molar-refractivity contribution is 9.10. The lowest BCUT2D eigenvalue weighted by molar-refractivity contribution is 0.0628. The second-order valence-electron chi connectivity index (χ2n) is 7.08. The Bertz CT molecular complexity index is 602. The molecular formula is C17H26BrN3O3. The zero-order chi connectivity index (χ0) is 18.7. The van der Waals surface area contributed by atoms with Crippen molar-refractivity contribution in [3.63, 3.8) is 0 Å². The van der Waals surface area contributed by atoms with E-state index in [4.69, 9.17) is 4.74 Å². The number of ether oxygens (including phenoxy) is 1. The van der Waals surface area contributed by atoms with Crippen LogP contribution in [0.1, 0.15) is 59.0 Å². The SMILES string of the molecule is CC(C)N(C(=O)c1cc(Br)c(NC(=O)OC(C)(C)C)cn1)C(C)C. The molecule has 1 heterocycles. The van der Waals surface area contributed by atoms with Gasteiger partial charge in [0.25, 0.3) is 5.91 Å². The number of nitrogens with one attached hydrogen (secondary N) is 1. The Kier molecular flexibility index (Phi) is 6.77. The first kappa shape index (κ1) is 20.4. The van der Waals surface area contributed by atoms with Crippen LogP contribution in [0.25, 0.3) is 0 Å². The van der Waals surface area contributed by atoms with Gasteiger partial charge in [-0.1, -0.05) is 0 Å². The molecule has 0 aliphatic carbocycles. The van der Waals surface area contributed by atoms with Crippen molar-refractivity contribution in [2.45, 2.75) is 66.2 Å². The number of nitrogens with zero attached hydrogens (tertiary/aromatic N) is 2. The highest BCUT2D eigenvalue weighted by Crippen LogP contribution is 2.24. The minimum atomic E-state index is -0.588. The highest BCUT2D eigenvalue weighted by atomic mass is 79.9. The van der Waals surface area contributed by atoms with Gasteiger partial charge < -0.3 is 9.64 Å². The van der Waals surface area contributed by atoms with Gasteiger partial charge in [0, 0.05) is 16.6 Å². The van der Waals surface area contributed by atoms with Crippen molar-refractivity contribution in [1.29, 1.82) is 0 Å². The first-order chi connectivity index (χ1) is 10.9. The summed E-state index contributed by atoms with van der Waals surface area (Å²) < 4.78 is 5.77. The molecule has 0 saturated heterocycles. The van der Waals surface area contributed by atoms with Crippen molar-refractivity contribution in [3.05, 3.63) is 22.4 Å². The van der Waals surface area contributed by atoms with Crippen LogP contribution in [0.15, 0.2) is 16.7 Å². The summed E-state index contributed by atoms with van der Waals surface area (Å²) in [5.41, 5.74) is 0.176. The standard InChI is InChI=1S/C17H26BrN3O3/c1-10(2)21(11(3)4)15(22)13-8-12(18)14(9-19-13)20-16(23)24-17(5,6)7/h8-11H,1-7H3,(H,20,23). The van der Waals surface area contributed by atoms with E-state index in [1.165, 1.54) is 6.20 Å². The highest BCUT2D eigenvalue weighted by Gasteiger charge is 2.24. The maximum absolute atomic E-state index is 12.6. The topological polar surface area (TPSA) is 71.5 Å². The second-order valence-corrected chi connectivity index (χ2v) is 7.93. The van der Waals surface area contributed by atoms with Gasteiger partial charge in [-0.25, -0.2) is 9.78 Å². The lowest BCUT2D eigenvalue weighted by atomic mass is 10.2. The number of carbonyl (C=O) groups excluding carboxylic acids is 2. The number of pyridine rings is 1. The summed E-state index contributed by atoms with van der Waals surface area (Å²) in [6.45, 7) is 13.2. The summed E-state index contributed by atoms with van der Waals surface area (Å²) >= 11 is 3.37. The van der Waals surface area contributed by atoms with Crippen LogP contribution in [0.3, 0.4) is 0 Å². The lowest BCUT2D eigenvalue weighted by Gasteiger charge is -2.30. The molecule has 134 valence electrons. The van der Waals surface area contributed by atoms with Crippen LogP contribution in [0.2, 0.25) is 0 Å². The van der Waals surface area contributed by atoms with Gasteiger partial charge in [-0.05, 0) is 70.5 Å². The van der Waals surface area contributed by atoms with Gasteiger partial charge in [0.05, 0.1) is 11.9 Å². The van der Waals surface area contributed by atoms with Crippen LogP contribution in [0, 0.1) is 0 Å². The molecule has 1 aromatic rings. The monoisotopic (exact) mass is 399 g/mol. The predicted molar refractivity (Wildman–Crippen MR) is 98.2 cm³/mol. The summed E-state index contributed by atoms with van der Waals surface area (Å²) in [6.07, 6.45) is 0.870. The zero-order valence-electron chi connectivity index (χ0n) is 15.3. The molecule has 0 spiro atoms. The number of halogens is 1. The Morgan fingerprint density at radius 2 is 1.75 bits per heavy atom. The third-order valence-corrected chi connectivity index (χ3v) is 3.71. The molecule has 0 bridgehead atoms. The maximum atomic E-state index is 12.6. The van der Waals surface area contributed by atoms with Crippen molar-refractivity contribution >= 4 is 33.6 Å². The molecule has 2 amide bonds. The molecule has 7 heteroatoms. The second kappa shape index (κ2) is 7.96. The van der Waals surface area contributed by atoms with Crippen molar-refractivity contribution in [1.82, 2.24) is 9.88 Å². The number of rotatable bonds is 4. The van der Waals surface area contributed by atoms with Crippen LogP contribution in [-0.4, -0.2) is 39.6 Å². The van der Waals surface area contributed by atoms with Gasteiger partial charge in [-0.15, -0.1) is 0 Å². The minimum Gasteiger partial charge on any atom is -0.444 e. The Labute approximate surface area is 152 Å². The van der Waals surface area contributed by atoms with Crippen LogP contribution < -0.4 is 5.32 Å². The summed E-state index contributed by atoms with van der Waals surface area (Å²) in [7, 11) is 0. The van der Waals surface area contributed by atoms with Crippen molar-refractivity contribution in [2.75, 3.05) is 5.32 Å². The Morgan fingerprint density at radius 1 is 1.21 bits per heavy atom. The largest absolute Gasteiger partial charge is 0.444 e. The summed E-state index contributed by atoms with van der Waals surface area (Å²) in [4.78, 5) is 30.4. The van der Waals surface area contributed by atoms with E-state index < -0.39 is 11.7 Å². The summed E-state index contributed by atoms with van der Waals surface area (Å²) in [5.74, 6) is -0.149. The van der Waals surface area contributed by atoms with E-state index in [9.17, 15) is 9.59 Å². The van der Waals surface area contributed by atoms with Gasteiger partial charge in [0.2, 0.25) is 0 Å². The number of aromatic nitrogens is 1. The molecular weight excluding hydrogens is 374 g/mol. The molecule has 0 aliphatic heterocycles. The van der Waals surface area contributed by atoms with Crippen molar-refractivity contribution in [3.8, 4) is 0 Å². The molecule has 1 N–H and O–H groups in total. The number of hydrogen-bond donors (Lipinski definition) is 1. The molecule has 0 radical (unpaired) electrons. The smallest absolute Gasteiger partial charge is 0.412 e. The van der Waals surface area contributed by atoms with E-state index in [-0.39, 0.29) is 18.0 Å². The molecule has 0 aliphatic rings. The quantitative estimate of drug-likeness (QED) is 0.811. The summed E-state index contributed by atoms with van der Waals surface area (Å²) in [5, 5.41) is 2.61. The van der Waals surface area contributed by atoms with E-state index in [0.29, 0.717) is 15.9 Å². The molecule has 0 saturated carbocycles. The Morgan fingerprint density at radius 3 is 2.17 bits per heavy atom. The van der Waals surface area contributed by atoms with Crippen molar-refractivity contribution < 1.29 is 14.3 Å². The van der Waals surface area contributed by atoms with E-state index in [1.54, 1.807) is 31.7 Å². The number of anilines is 1. The fourth-order valence-corrected chi connectivity index (χ4v) is 2.67. The molecule has 0 atom stereocenters. The Hall–Kier alpha value is -1.63. The average Bonchev–Trinajstić information content (AvgIpc) is 2.37. The third-order valence-electron chi connectivity index (χ3n) is 3.06.